The van der Waals surface area contributed by atoms with Gasteiger partial charge in [-0.3, -0.25) is 0 Å². The van der Waals surface area contributed by atoms with E-state index >= 15 is 0 Å². The Morgan fingerprint density at radius 1 is 1.21 bits per heavy atom. The molecule has 19 heavy (non-hydrogen) atoms. The maximum Gasteiger partial charge on any atom is 0.416 e. The molecule has 0 aliphatic rings. The van der Waals surface area contributed by atoms with Crippen LogP contribution in [0.2, 0.25) is 0 Å². The molecule has 2 N–H and O–H groups in total. The number of hydrogen-bond acceptors (Lipinski definition) is 2. The van der Waals surface area contributed by atoms with Crippen molar-refractivity contribution < 1.29 is 13.2 Å². The molecule has 108 valence electrons. The Morgan fingerprint density at radius 2 is 1.79 bits per heavy atom. The highest BCUT2D eigenvalue weighted by molar-refractivity contribution is 5.55. The third kappa shape index (κ3) is 3.62. The van der Waals surface area contributed by atoms with Gasteiger partial charge in [-0.1, -0.05) is 13.8 Å². The average Bonchev–Trinajstić information content (AvgIpc) is 2.38. The van der Waals surface area contributed by atoms with E-state index in [9.17, 15) is 13.2 Å². The van der Waals surface area contributed by atoms with E-state index in [2.05, 4.69) is 13.8 Å². The van der Waals surface area contributed by atoms with Gasteiger partial charge in [-0.05, 0) is 36.6 Å². The van der Waals surface area contributed by atoms with Gasteiger partial charge in [0.1, 0.15) is 0 Å². The van der Waals surface area contributed by atoms with Crippen LogP contribution in [-0.4, -0.2) is 13.1 Å². The van der Waals surface area contributed by atoms with Crippen molar-refractivity contribution in [2.75, 3.05) is 11.9 Å². The first-order valence-corrected chi connectivity index (χ1v) is 6.48. The molecule has 0 aliphatic carbocycles. The van der Waals surface area contributed by atoms with E-state index in [4.69, 9.17) is 5.73 Å². The number of nitrogens with zero attached hydrogens (tertiary/aromatic N) is 1. The molecule has 0 unspecified atom stereocenters. The Bertz CT molecular complexity index is 412. The molecular formula is C14H21F3N2. The summed E-state index contributed by atoms with van der Waals surface area (Å²) >= 11 is 0. The van der Waals surface area contributed by atoms with Gasteiger partial charge < -0.3 is 10.6 Å². The largest absolute Gasteiger partial charge is 0.416 e. The molecule has 0 aromatic heterocycles. The zero-order chi connectivity index (χ0) is 14.6. The van der Waals surface area contributed by atoms with Crippen molar-refractivity contribution in [2.24, 2.45) is 5.73 Å². The van der Waals surface area contributed by atoms with E-state index < -0.39 is 11.7 Å². The quantitative estimate of drug-likeness (QED) is 0.885. The minimum atomic E-state index is -4.32. The van der Waals surface area contributed by atoms with Gasteiger partial charge in [0.2, 0.25) is 0 Å². The second-order valence-electron chi connectivity index (χ2n) is 4.63. The zero-order valence-electron chi connectivity index (χ0n) is 11.6. The van der Waals surface area contributed by atoms with Crippen molar-refractivity contribution in [1.82, 2.24) is 0 Å². The van der Waals surface area contributed by atoms with Crippen molar-refractivity contribution >= 4 is 5.69 Å². The molecule has 0 saturated heterocycles. The third-order valence-electron chi connectivity index (χ3n) is 3.50. The lowest BCUT2D eigenvalue weighted by molar-refractivity contribution is -0.137. The molecule has 0 atom stereocenters. The summed E-state index contributed by atoms with van der Waals surface area (Å²) < 4.78 is 38.0. The maximum atomic E-state index is 12.7. The van der Waals surface area contributed by atoms with E-state index in [0.717, 1.165) is 30.7 Å². The Labute approximate surface area is 112 Å². The van der Waals surface area contributed by atoms with Crippen LogP contribution in [0.3, 0.4) is 0 Å². The Kier molecular flexibility index (Phi) is 5.23. The van der Waals surface area contributed by atoms with Crippen molar-refractivity contribution in [3.63, 3.8) is 0 Å². The maximum absolute atomic E-state index is 12.7. The second-order valence-corrected chi connectivity index (χ2v) is 4.63. The zero-order valence-corrected chi connectivity index (χ0v) is 11.6. The van der Waals surface area contributed by atoms with Crippen LogP contribution in [0.5, 0.6) is 0 Å². The first-order chi connectivity index (χ1) is 8.85. The second kappa shape index (κ2) is 6.28. The number of rotatable bonds is 5. The van der Waals surface area contributed by atoms with Gasteiger partial charge in [0.05, 0.1) is 5.56 Å². The first-order valence-electron chi connectivity index (χ1n) is 6.48. The molecule has 2 nitrogen and oxygen atoms in total. The Balaban J connectivity index is 3.15. The number of anilines is 1. The number of hydrogen-bond donors (Lipinski definition) is 1. The summed E-state index contributed by atoms with van der Waals surface area (Å²) in [4.78, 5) is 2.02. The van der Waals surface area contributed by atoms with E-state index in [1.54, 1.807) is 0 Å². The van der Waals surface area contributed by atoms with Crippen LogP contribution in [0.4, 0.5) is 18.9 Å². The van der Waals surface area contributed by atoms with Crippen molar-refractivity contribution in [1.29, 1.82) is 0 Å². The third-order valence-corrected chi connectivity index (χ3v) is 3.50. The topological polar surface area (TPSA) is 29.3 Å². The molecule has 0 bridgehead atoms. The van der Waals surface area contributed by atoms with Gasteiger partial charge >= 0.3 is 6.18 Å². The van der Waals surface area contributed by atoms with Crippen molar-refractivity contribution in [3.05, 3.63) is 29.3 Å². The molecule has 0 radical (unpaired) electrons. The molecule has 0 saturated carbocycles. The Hall–Kier alpha value is -1.23. The fraction of sp³-hybridized carbons (Fsp3) is 0.571. The average molecular weight is 274 g/mol. The molecule has 0 aliphatic heterocycles. The summed E-state index contributed by atoms with van der Waals surface area (Å²) in [6.45, 7) is 4.23. The summed E-state index contributed by atoms with van der Waals surface area (Å²) in [5.74, 6) is 0. The SMILES string of the molecule is CCC(CC)N(C)c1ccc(C(F)(F)F)cc1CN. The molecule has 1 aromatic rings. The monoisotopic (exact) mass is 274 g/mol. The minimum absolute atomic E-state index is 0.101. The van der Waals surface area contributed by atoms with Crippen molar-refractivity contribution in [3.8, 4) is 0 Å². The van der Waals surface area contributed by atoms with Gasteiger partial charge in [-0.2, -0.15) is 13.2 Å². The number of nitrogens with two attached hydrogens (primary N) is 1. The van der Waals surface area contributed by atoms with Crippen LogP contribution < -0.4 is 10.6 Å². The molecule has 5 heteroatoms. The molecular weight excluding hydrogens is 253 g/mol. The highest BCUT2D eigenvalue weighted by atomic mass is 19.4. The number of benzene rings is 1. The Morgan fingerprint density at radius 3 is 2.21 bits per heavy atom. The van der Waals surface area contributed by atoms with Crippen LogP contribution in [-0.2, 0) is 12.7 Å². The highest BCUT2D eigenvalue weighted by Gasteiger charge is 2.31. The highest BCUT2D eigenvalue weighted by Crippen LogP contribution is 2.33. The molecule has 0 fully saturated rings. The summed E-state index contributed by atoms with van der Waals surface area (Å²) in [6.07, 6.45) is -2.44. The summed E-state index contributed by atoms with van der Waals surface area (Å²) in [5.41, 5.74) is 6.26. The number of alkyl halides is 3. The van der Waals surface area contributed by atoms with E-state index in [-0.39, 0.29) is 6.54 Å². The van der Waals surface area contributed by atoms with Crippen LogP contribution in [0.15, 0.2) is 18.2 Å². The number of halogens is 3. The molecule has 0 heterocycles. The fourth-order valence-corrected chi connectivity index (χ4v) is 2.30. The van der Waals surface area contributed by atoms with Crippen LogP contribution in [0, 0.1) is 0 Å². The van der Waals surface area contributed by atoms with Gasteiger partial charge in [0.25, 0.3) is 0 Å². The lowest BCUT2D eigenvalue weighted by Crippen LogP contribution is -2.31. The predicted octanol–water partition coefficient (Wildman–Crippen LogP) is 3.79. The van der Waals surface area contributed by atoms with Gasteiger partial charge in [-0.25, -0.2) is 0 Å². The lowest BCUT2D eigenvalue weighted by atomic mass is 10.0. The van der Waals surface area contributed by atoms with Gasteiger partial charge in [0, 0.05) is 25.3 Å². The normalized spacial score (nSPS) is 12.0. The lowest BCUT2D eigenvalue weighted by Gasteiger charge is -2.30. The van der Waals surface area contributed by atoms with E-state index in [1.807, 2.05) is 11.9 Å². The van der Waals surface area contributed by atoms with Crippen molar-refractivity contribution in [2.45, 2.75) is 45.5 Å². The molecule has 0 spiro atoms. The summed E-state index contributed by atoms with van der Waals surface area (Å²) in [7, 11) is 1.90. The molecule has 0 amide bonds. The van der Waals surface area contributed by atoms with Gasteiger partial charge in [0.15, 0.2) is 0 Å². The minimum Gasteiger partial charge on any atom is -0.371 e. The predicted molar refractivity (Wildman–Crippen MR) is 72.1 cm³/mol. The smallest absolute Gasteiger partial charge is 0.371 e. The molecule has 1 rings (SSSR count). The first kappa shape index (κ1) is 15.8. The fourth-order valence-electron chi connectivity index (χ4n) is 2.30. The van der Waals surface area contributed by atoms with Crippen LogP contribution >= 0.6 is 0 Å². The summed E-state index contributed by atoms with van der Waals surface area (Å²) in [5, 5.41) is 0. The summed E-state index contributed by atoms with van der Waals surface area (Å²) in [6, 6.07) is 4.09. The molecule has 1 aromatic carbocycles. The van der Waals surface area contributed by atoms with E-state index in [0.29, 0.717) is 11.6 Å². The van der Waals surface area contributed by atoms with Crippen LogP contribution in [0.1, 0.15) is 37.8 Å². The van der Waals surface area contributed by atoms with Gasteiger partial charge in [-0.15, -0.1) is 0 Å². The van der Waals surface area contributed by atoms with E-state index in [1.165, 1.54) is 6.07 Å². The standard InChI is InChI=1S/C14H21F3N2/c1-4-12(5-2)19(3)13-7-6-11(14(15,16)17)8-10(13)9-18/h6-8,12H,4-5,9,18H2,1-3H3. The van der Waals surface area contributed by atoms with Crippen LogP contribution in [0.25, 0.3) is 0 Å².